The molecule has 4 rings (SSSR count). The third kappa shape index (κ3) is 4.87. The van der Waals surface area contributed by atoms with E-state index in [0.29, 0.717) is 17.5 Å². The summed E-state index contributed by atoms with van der Waals surface area (Å²) in [4.78, 5) is 9.43. The highest BCUT2D eigenvalue weighted by Crippen LogP contribution is 2.38. The van der Waals surface area contributed by atoms with Gasteiger partial charge in [0, 0.05) is 11.8 Å². The van der Waals surface area contributed by atoms with Gasteiger partial charge in [0.05, 0.1) is 27.6 Å². The fourth-order valence-corrected chi connectivity index (χ4v) is 5.26. The molecule has 0 unspecified atom stereocenters. The highest BCUT2D eigenvalue weighted by atomic mass is 32.2. The topological polar surface area (TPSA) is 93.2 Å². The van der Waals surface area contributed by atoms with Gasteiger partial charge in [0.15, 0.2) is 9.84 Å². The van der Waals surface area contributed by atoms with Crippen molar-refractivity contribution in [1.82, 2.24) is 9.97 Å². The largest absolute Gasteiger partial charge is 0.489 e. The predicted molar refractivity (Wildman–Crippen MR) is 136 cm³/mol. The van der Waals surface area contributed by atoms with E-state index in [1.54, 1.807) is 44.3 Å². The standard InChI is InChI=1S/C26H32N4O3S/c1-16(2)33-22-14-13-19-9-8-10-20(19)24(22)29-26-27-15-18(5)25(30-26)28-21-11-6-7-12-23(21)34(31,32)17(3)4/h6-7,9,11-12,14-17H,8,10,13H2,1-5H3,(H2,27,28,29,30). The third-order valence-electron chi connectivity index (χ3n) is 5.87. The second kappa shape index (κ2) is 9.62. The lowest BCUT2D eigenvalue weighted by atomic mass is 9.97. The Morgan fingerprint density at radius 3 is 2.56 bits per heavy atom. The smallest absolute Gasteiger partial charge is 0.229 e. The summed E-state index contributed by atoms with van der Waals surface area (Å²) < 4.78 is 31.8. The van der Waals surface area contributed by atoms with Crippen molar-refractivity contribution in [1.29, 1.82) is 0 Å². The number of anilines is 3. The molecule has 8 heteroatoms. The second-order valence-corrected chi connectivity index (χ2v) is 11.6. The summed E-state index contributed by atoms with van der Waals surface area (Å²) in [6.07, 6.45) is 8.98. The first-order valence-corrected chi connectivity index (χ1v) is 13.2. The van der Waals surface area contributed by atoms with Gasteiger partial charge in [-0.3, -0.25) is 0 Å². The Morgan fingerprint density at radius 2 is 1.82 bits per heavy atom. The van der Waals surface area contributed by atoms with Crippen LogP contribution in [-0.2, 0) is 14.6 Å². The number of sulfone groups is 1. The van der Waals surface area contributed by atoms with Gasteiger partial charge in [0.25, 0.3) is 0 Å². The Kier molecular flexibility index (Phi) is 6.79. The summed E-state index contributed by atoms with van der Waals surface area (Å²) in [5.41, 5.74) is 4.76. The number of allylic oxidation sites excluding steroid dienone is 4. The van der Waals surface area contributed by atoms with Gasteiger partial charge in [0.1, 0.15) is 11.6 Å². The summed E-state index contributed by atoms with van der Waals surface area (Å²) in [5.74, 6) is 1.78. The van der Waals surface area contributed by atoms with E-state index < -0.39 is 15.1 Å². The maximum Gasteiger partial charge on any atom is 0.229 e. The van der Waals surface area contributed by atoms with Crippen LogP contribution in [0.2, 0.25) is 0 Å². The van der Waals surface area contributed by atoms with Gasteiger partial charge in [-0.15, -0.1) is 0 Å². The molecule has 0 atom stereocenters. The van der Waals surface area contributed by atoms with Crippen molar-refractivity contribution in [2.45, 2.75) is 70.1 Å². The molecule has 1 aromatic carbocycles. The van der Waals surface area contributed by atoms with Gasteiger partial charge in [-0.25, -0.2) is 13.4 Å². The first-order chi connectivity index (χ1) is 16.2. The zero-order chi connectivity index (χ0) is 24.5. The lowest BCUT2D eigenvalue weighted by Crippen LogP contribution is -2.17. The lowest BCUT2D eigenvalue weighted by Gasteiger charge is -2.24. The van der Waals surface area contributed by atoms with E-state index in [9.17, 15) is 8.42 Å². The maximum atomic E-state index is 12.9. The first kappa shape index (κ1) is 24.0. The predicted octanol–water partition coefficient (Wildman–Crippen LogP) is 5.81. The molecule has 7 nitrogen and oxygen atoms in total. The van der Waals surface area contributed by atoms with E-state index in [1.165, 1.54) is 11.1 Å². The Morgan fingerprint density at radius 1 is 1.06 bits per heavy atom. The summed E-state index contributed by atoms with van der Waals surface area (Å²) in [7, 11) is -3.46. The molecule has 2 N–H and O–H groups in total. The molecular formula is C26H32N4O3S. The fraction of sp³-hybridized carbons (Fsp3) is 0.385. The zero-order valence-electron chi connectivity index (χ0n) is 20.3. The number of aromatic nitrogens is 2. The van der Waals surface area contributed by atoms with Crippen LogP contribution in [0.1, 0.15) is 52.5 Å². The molecule has 0 bridgehead atoms. The molecule has 0 fully saturated rings. The van der Waals surface area contributed by atoms with Crippen molar-refractivity contribution in [2.75, 3.05) is 10.6 Å². The van der Waals surface area contributed by atoms with Gasteiger partial charge in [-0.1, -0.05) is 18.2 Å². The van der Waals surface area contributed by atoms with Crippen LogP contribution in [-0.4, -0.2) is 29.7 Å². The molecule has 0 saturated carbocycles. The molecule has 1 heterocycles. The molecule has 2 aliphatic rings. The lowest BCUT2D eigenvalue weighted by molar-refractivity contribution is 0.153. The number of hydrogen-bond donors (Lipinski definition) is 2. The van der Waals surface area contributed by atoms with Crippen LogP contribution < -0.4 is 10.6 Å². The fourth-order valence-electron chi connectivity index (χ4n) is 4.06. The number of ether oxygens (including phenoxy) is 1. The van der Waals surface area contributed by atoms with Crippen molar-refractivity contribution in [3.05, 3.63) is 70.8 Å². The van der Waals surface area contributed by atoms with Gasteiger partial charge in [-0.05, 0) is 83.2 Å². The van der Waals surface area contributed by atoms with Crippen LogP contribution in [0.3, 0.4) is 0 Å². The number of nitrogens with zero attached hydrogens (tertiary/aromatic N) is 2. The Bertz CT molecular complexity index is 1290. The number of rotatable bonds is 8. The van der Waals surface area contributed by atoms with Crippen LogP contribution in [0.15, 0.2) is 70.1 Å². The third-order valence-corrected chi connectivity index (χ3v) is 8.08. The number of benzene rings is 1. The van der Waals surface area contributed by atoms with Gasteiger partial charge in [0.2, 0.25) is 5.95 Å². The molecule has 0 radical (unpaired) electrons. The van der Waals surface area contributed by atoms with E-state index in [2.05, 4.69) is 27.8 Å². The minimum Gasteiger partial charge on any atom is -0.489 e. The second-order valence-electron chi connectivity index (χ2n) is 9.13. The van der Waals surface area contributed by atoms with E-state index in [1.807, 2.05) is 20.8 Å². The van der Waals surface area contributed by atoms with E-state index >= 15 is 0 Å². The zero-order valence-corrected chi connectivity index (χ0v) is 21.2. The Labute approximate surface area is 202 Å². The molecule has 34 heavy (non-hydrogen) atoms. The summed E-state index contributed by atoms with van der Waals surface area (Å²) in [6.45, 7) is 9.27. The molecule has 0 aliphatic heterocycles. The number of fused-ring (bicyclic) bond motifs is 1. The van der Waals surface area contributed by atoms with E-state index in [0.717, 1.165) is 36.3 Å². The SMILES string of the molecule is Cc1cnc(NC2=C3CCC=C3CC=C2OC(C)C)nc1Nc1ccccc1S(=O)(=O)C(C)C. The monoisotopic (exact) mass is 480 g/mol. The Hall–Kier alpha value is -3.13. The van der Waals surface area contributed by atoms with E-state index in [4.69, 9.17) is 9.72 Å². The minimum atomic E-state index is -3.46. The molecule has 0 spiro atoms. The number of para-hydroxylation sites is 1. The normalized spacial score (nSPS) is 15.9. The Balaban J connectivity index is 1.67. The molecule has 1 aromatic heterocycles. The number of hydrogen-bond acceptors (Lipinski definition) is 7. The van der Waals surface area contributed by atoms with Crippen molar-refractivity contribution in [3.8, 4) is 0 Å². The summed E-state index contributed by atoms with van der Waals surface area (Å²) >= 11 is 0. The van der Waals surface area contributed by atoms with Gasteiger partial charge < -0.3 is 15.4 Å². The summed E-state index contributed by atoms with van der Waals surface area (Å²) in [5, 5.41) is 6.09. The number of aryl methyl sites for hydroxylation is 1. The molecular weight excluding hydrogens is 448 g/mol. The highest BCUT2D eigenvalue weighted by Gasteiger charge is 2.26. The van der Waals surface area contributed by atoms with Crippen molar-refractivity contribution < 1.29 is 13.2 Å². The molecule has 0 amide bonds. The van der Waals surface area contributed by atoms with Crippen LogP contribution in [0.25, 0.3) is 0 Å². The minimum absolute atomic E-state index is 0.0474. The average Bonchev–Trinajstić information content (AvgIpc) is 3.26. The van der Waals surface area contributed by atoms with E-state index in [-0.39, 0.29) is 11.0 Å². The van der Waals surface area contributed by atoms with Crippen molar-refractivity contribution >= 4 is 27.3 Å². The van der Waals surface area contributed by atoms with Crippen molar-refractivity contribution in [3.63, 3.8) is 0 Å². The van der Waals surface area contributed by atoms with Gasteiger partial charge >= 0.3 is 0 Å². The highest BCUT2D eigenvalue weighted by molar-refractivity contribution is 7.92. The maximum absolute atomic E-state index is 12.9. The molecule has 2 aromatic rings. The first-order valence-electron chi connectivity index (χ1n) is 11.7. The molecule has 0 saturated heterocycles. The summed E-state index contributed by atoms with van der Waals surface area (Å²) in [6, 6.07) is 6.91. The van der Waals surface area contributed by atoms with Crippen LogP contribution in [0.4, 0.5) is 17.5 Å². The van der Waals surface area contributed by atoms with Crippen LogP contribution in [0.5, 0.6) is 0 Å². The average molecular weight is 481 g/mol. The van der Waals surface area contributed by atoms with Crippen LogP contribution in [0, 0.1) is 6.92 Å². The van der Waals surface area contributed by atoms with Gasteiger partial charge in [-0.2, -0.15) is 4.98 Å². The molecule has 180 valence electrons. The quantitative estimate of drug-likeness (QED) is 0.492. The van der Waals surface area contributed by atoms with Crippen molar-refractivity contribution in [2.24, 2.45) is 0 Å². The number of nitrogens with one attached hydrogen (secondary N) is 2. The van der Waals surface area contributed by atoms with Crippen LogP contribution >= 0.6 is 0 Å². The molecule has 2 aliphatic carbocycles.